The molecule has 0 amide bonds. The molecule has 4 heteroatoms. The molecule has 1 aromatic carbocycles. The molecule has 0 saturated heterocycles. The Balaban J connectivity index is 2.35. The van der Waals surface area contributed by atoms with Crippen molar-refractivity contribution in [3.8, 4) is 0 Å². The fraction of sp³-hybridized carbons (Fsp3) is 0.308. The maximum absolute atomic E-state index is 11.5. The SMILES string of the molecule is CCOC(=O)Cc1sc2ccc(Cl)cc2c1C. The molecule has 0 saturated carbocycles. The van der Waals surface area contributed by atoms with Gasteiger partial charge in [-0.25, -0.2) is 0 Å². The summed E-state index contributed by atoms with van der Waals surface area (Å²) in [6.07, 6.45) is 0.344. The predicted molar refractivity (Wildman–Crippen MR) is 71.9 cm³/mol. The second-order valence-electron chi connectivity index (χ2n) is 3.77. The molecule has 0 atom stereocenters. The van der Waals surface area contributed by atoms with Gasteiger partial charge in [0.15, 0.2) is 0 Å². The van der Waals surface area contributed by atoms with E-state index < -0.39 is 0 Å². The molecular weight excluding hydrogens is 256 g/mol. The van der Waals surface area contributed by atoms with Crippen LogP contribution < -0.4 is 0 Å². The van der Waals surface area contributed by atoms with Gasteiger partial charge in [-0.1, -0.05) is 11.6 Å². The van der Waals surface area contributed by atoms with Gasteiger partial charge in [0.05, 0.1) is 13.0 Å². The zero-order chi connectivity index (χ0) is 12.4. The first-order valence-electron chi connectivity index (χ1n) is 5.45. The number of halogens is 1. The second-order valence-corrected chi connectivity index (χ2v) is 5.35. The lowest BCUT2D eigenvalue weighted by Gasteiger charge is -2.00. The van der Waals surface area contributed by atoms with Crippen molar-refractivity contribution < 1.29 is 9.53 Å². The monoisotopic (exact) mass is 268 g/mol. The molecule has 0 aliphatic heterocycles. The molecule has 0 aliphatic carbocycles. The van der Waals surface area contributed by atoms with E-state index >= 15 is 0 Å². The van der Waals surface area contributed by atoms with Crippen molar-refractivity contribution in [1.29, 1.82) is 0 Å². The first kappa shape index (κ1) is 12.4. The van der Waals surface area contributed by atoms with E-state index in [9.17, 15) is 4.79 Å². The summed E-state index contributed by atoms with van der Waals surface area (Å²) in [6, 6.07) is 5.80. The maximum Gasteiger partial charge on any atom is 0.311 e. The lowest BCUT2D eigenvalue weighted by Crippen LogP contribution is -2.06. The van der Waals surface area contributed by atoms with Gasteiger partial charge in [0, 0.05) is 14.6 Å². The lowest BCUT2D eigenvalue weighted by molar-refractivity contribution is -0.142. The number of carbonyl (C=O) groups excluding carboxylic acids is 1. The van der Waals surface area contributed by atoms with Gasteiger partial charge in [0.2, 0.25) is 0 Å². The summed E-state index contributed by atoms with van der Waals surface area (Å²) in [4.78, 5) is 12.5. The maximum atomic E-state index is 11.5. The van der Waals surface area contributed by atoms with Crippen LogP contribution in [0.4, 0.5) is 0 Å². The van der Waals surface area contributed by atoms with Crippen LogP contribution in [0.1, 0.15) is 17.4 Å². The van der Waals surface area contributed by atoms with Crippen LogP contribution in [0.3, 0.4) is 0 Å². The van der Waals surface area contributed by atoms with E-state index in [2.05, 4.69) is 0 Å². The molecule has 2 nitrogen and oxygen atoms in total. The van der Waals surface area contributed by atoms with Crippen LogP contribution in [0.2, 0.25) is 5.02 Å². The summed E-state index contributed by atoms with van der Waals surface area (Å²) in [5.74, 6) is -0.173. The zero-order valence-corrected chi connectivity index (χ0v) is 11.3. The van der Waals surface area contributed by atoms with Crippen molar-refractivity contribution >= 4 is 39.0 Å². The van der Waals surface area contributed by atoms with Crippen LogP contribution in [-0.4, -0.2) is 12.6 Å². The predicted octanol–water partition coefficient (Wildman–Crippen LogP) is 3.97. The Bertz CT molecular complexity index is 560. The van der Waals surface area contributed by atoms with Gasteiger partial charge in [-0.15, -0.1) is 11.3 Å². The molecular formula is C13H13ClO2S. The van der Waals surface area contributed by atoms with Crippen LogP contribution in [-0.2, 0) is 16.0 Å². The van der Waals surface area contributed by atoms with E-state index in [4.69, 9.17) is 16.3 Å². The normalized spacial score (nSPS) is 10.8. The highest BCUT2D eigenvalue weighted by Crippen LogP contribution is 2.33. The Kier molecular flexibility index (Phi) is 3.69. The Morgan fingerprint density at radius 3 is 2.94 bits per heavy atom. The topological polar surface area (TPSA) is 26.3 Å². The highest BCUT2D eigenvalue weighted by atomic mass is 35.5. The van der Waals surface area contributed by atoms with Crippen molar-refractivity contribution in [1.82, 2.24) is 0 Å². The number of hydrogen-bond donors (Lipinski definition) is 0. The number of hydrogen-bond acceptors (Lipinski definition) is 3. The molecule has 0 spiro atoms. The van der Waals surface area contributed by atoms with Crippen LogP contribution in [0.15, 0.2) is 18.2 Å². The van der Waals surface area contributed by atoms with E-state index in [0.29, 0.717) is 13.0 Å². The quantitative estimate of drug-likeness (QED) is 0.788. The Morgan fingerprint density at radius 1 is 1.47 bits per heavy atom. The average Bonchev–Trinajstić information content (AvgIpc) is 2.57. The largest absolute Gasteiger partial charge is 0.466 e. The van der Waals surface area contributed by atoms with Gasteiger partial charge in [-0.2, -0.15) is 0 Å². The van der Waals surface area contributed by atoms with Crippen molar-refractivity contribution in [2.75, 3.05) is 6.61 Å². The van der Waals surface area contributed by atoms with Gasteiger partial charge in [-0.05, 0) is 43.0 Å². The standard InChI is InChI=1S/C13H13ClO2S/c1-3-16-13(15)7-12-8(2)10-6-9(14)4-5-11(10)17-12/h4-6H,3,7H2,1-2H3. The molecule has 0 fully saturated rings. The Labute approximate surface area is 109 Å². The van der Waals surface area contributed by atoms with Crippen molar-refractivity contribution in [2.45, 2.75) is 20.3 Å². The first-order chi connectivity index (χ1) is 8.11. The minimum Gasteiger partial charge on any atom is -0.466 e. The molecule has 0 unspecified atom stereocenters. The Morgan fingerprint density at radius 2 is 2.24 bits per heavy atom. The summed E-state index contributed by atoms with van der Waals surface area (Å²) in [5, 5.41) is 1.85. The second kappa shape index (κ2) is 5.07. The van der Waals surface area contributed by atoms with Crippen LogP contribution in [0.5, 0.6) is 0 Å². The summed E-state index contributed by atoms with van der Waals surface area (Å²) in [7, 11) is 0. The Hall–Kier alpha value is -1.06. The summed E-state index contributed by atoms with van der Waals surface area (Å²) >= 11 is 7.60. The van der Waals surface area contributed by atoms with Gasteiger partial charge >= 0.3 is 5.97 Å². The molecule has 1 aromatic heterocycles. The zero-order valence-electron chi connectivity index (χ0n) is 9.75. The van der Waals surface area contributed by atoms with Crippen molar-refractivity contribution in [3.05, 3.63) is 33.7 Å². The van der Waals surface area contributed by atoms with Gasteiger partial charge in [-0.3, -0.25) is 4.79 Å². The lowest BCUT2D eigenvalue weighted by atomic mass is 10.1. The molecule has 17 heavy (non-hydrogen) atoms. The van der Waals surface area contributed by atoms with Crippen molar-refractivity contribution in [2.24, 2.45) is 0 Å². The summed E-state index contributed by atoms with van der Waals surface area (Å²) in [6.45, 7) is 4.26. The minimum atomic E-state index is -0.173. The third kappa shape index (κ3) is 2.61. The number of rotatable bonds is 3. The van der Waals surface area contributed by atoms with E-state index in [-0.39, 0.29) is 5.97 Å². The molecule has 2 aromatic rings. The molecule has 1 heterocycles. The third-order valence-corrected chi connectivity index (χ3v) is 4.12. The molecule has 0 radical (unpaired) electrons. The molecule has 0 N–H and O–H groups in total. The minimum absolute atomic E-state index is 0.173. The van der Waals surface area contributed by atoms with Gasteiger partial charge < -0.3 is 4.74 Å². The van der Waals surface area contributed by atoms with E-state index in [0.717, 1.165) is 25.5 Å². The van der Waals surface area contributed by atoms with Gasteiger partial charge in [0.1, 0.15) is 0 Å². The smallest absolute Gasteiger partial charge is 0.311 e. The van der Waals surface area contributed by atoms with E-state index in [1.165, 1.54) is 0 Å². The van der Waals surface area contributed by atoms with Crippen LogP contribution >= 0.6 is 22.9 Å². The first-order valence-corrected chi connectivity index (χ1v) is 6.64. The third-order valence-electron chi connectivity index (χ3n) is 2.61. The molecule has 90 valence electrons. The van der Waals surface area contributed by atoms with E-state index in [1.807, 2.05) is 32.0 Å². The van der Waals surface area contributed by atoms with Crippen LogP contribution in [0, 0.1) is 6.92 Å². The van der Waals surface area contributed by atoms with E-state index in [1.54, 1.807) is 11.3 Å². The number of thiophene rings is 1. The number of esters is 1. The fourth-order valence-corrected chi connectivity index (χ4v) is 3.10. The average molecular weight is 269 g/mol. The van der Waals surface area contributed by atoms with Crippen molar-refractivity contribution in [3.63, 3.8) is 0 Å². The summed E-state index contributed by atoms with van der Waals surface area (Å²) < 4.78 is 6.12. The highest BCUT2D eigenvalue weighted by Gasteiger charge is 2.12. The highest BCUT2D eigenvalue weighted by molar-refractivity contribution is 7.19. The molecule has 2 rings (SSSR count). The number of ether oxygens (including phenoxy) is 1. The fourth-order valence-electron chi connectivity index (χ4n) is 1.76. The van der Waals surface area contributed by atoms with Crippen LogP contribution in [0.25, 0.3) is 10.1 Å². The number of fused-ring (bicyclic) bond motifs is 1. The number of benzene rings is 1. The number of aryl methyl sites for hydroxylation is 1. The number of carbonyl (C=O) groups is 1. The molecule has 0 bridgehead atoms. The molecule has 0 aliphatic rings. The summed E-state index contributed by atoms with van der Waals surface area (Å²) in [5.41, 5.74) is 1.13. The van der Waals surface area contributed by atoms with Gasteiger partial charge in [0.25, 0.3) is 0 Å².